The van der Waals surface area contributed by atoms with Gasteiger partial charge in [0.15, 0.2) is 4.96 Å². The van der Waals surface area contributed by atoms with Gasteiger partial charge in [0.05, 0.1) is 29.0 Å². The van der Waals surface area contributed by atoms with Crippen molar-refractivity contribution < 1.29 is 0 Å². The lowest BCUT2D eigenvalue weighted by Crippen LogP contribution is -2.15. The highest BCUT2D eigenvalue weighted by atomic mass is 32.1. The molecule has 3 aromatic heterocycles. The third kappa shape index (κ3) is 2.22. The number of aryl methyl sites for hydroxylation is 1. The van der Waals surface area contributed by atoms with E-state index in [-0.39, 0.29) is 0 Å². The molecule has 0 aliphatic heterocycles. The van der Waals surface area contributed by atoms with Gasteiger partial charge in [-0.15, -0.1) is 11.3 Å². The van der Waals surface area contributed by atoms with Crippen molar-refractivity contribution in [1.29, 1.82) is 0 Å². The largest absolute Gasteiger partial charge is 0.341 e. The van der Waals surface area contributed by atoms with Crippen LogP contribution in [-0.4, -0.2) is 19.4 Å². The smallest absolute Gasteiger partial charge is 0.194 e. The summed E-state index contributed by atoms with van der Waals surface area (Å²) in [7, 11) is 0. The number of para-hydroxylation sites is 2. The molecule has 0 saturated heterocycles. The van der Waals surface area contributed by atoms with Crippen LogP contribution in [-0.2, 0) is 13.1 Å². The Morgan fingerprint density at radius 3 is 3.05 bits per heavy atom. The molecule has 4 aromatic rings. The second-order valence-corrected chi connectivity index (χ2v) is 5.88. The number of aromatic amines is 1. The number of hydrogen-bond donors (Lipinski definition) is 2. The molecule has 5 nitrogen and oxygen atoms in total. The topological polar surface area (TPSA) is 58.0 Å². The maximum atomic E-state index is 4.57. The predicted molar refractivity (Wildman–Crippen MR) is 84.4 cm³/mol. The van der Waals surface area contributed by atoms with Crippen molar-refractivity contribution in [3.63, 3.8) is 0 Å². The van der Waals surface area contributed by atoms with Crippen LogP contribution < -0.4 is 5.32 Å². The highest BCUT2D eigenvalue weighted by molar-refractivity contribution is 7.15. The molecule has 2 N–H and O–H groups in total. The van der Waals surface area contributed by atoms with Crippen molar-refractivity contribution >= 4 is 27.3 Å². The van der Waals surface area contributed by atoms with Crippen LogP contribution in [0.25, 0.3) is 16.0 Å². The van der Waals surface area contributed by atoms with Gasteiger partial charge in [-0.05, 0) is 19.1 Å². The van der Waals surface area contributed by atoms with Gasteiger partial charge in [-0.25, -0.2) is 9.97 Å². The average Bonchev–Trinajstić information content (AvgIpc) is 3.14. The average molecular weight is 297 g/mol. The minimum absolute atomic E-state index is 0.714. The molecule has 4 rings (SSSR count). The summed E-state index contributed by atoms with van der Waals surface area (Å²) in [6.45, 7) is 3.55. The van der Waals surface area contributed by atoms with E-state index in [1.165, 1.54) is 5.69 Å². The zero-order chi connectivity index (χ0) is 14.2. The molecule has 0 atom stereocenters. The van der Waals surface area contributed by atoms with Gasteiger partial charge in [-0.3, -0.25) is 4.40 Å². The van der Waals surface area contributed by atoms with Crippen molar-refractivity contribution in [1.82, 2.24) is 24.7 Å². The van der Waals surface area contributed by atoms with Crippen molar-refractivity contribution in [2.75, 3.05) is 0 Å². The standard InChI is InChI=1S/C15H15N5S/c1-10-13(20-6-7-21-15(20)17-10)8-16-9-14-18-11-4-2-3-5-12(11)19-14/h2-7,16H,8-9H2,1H3,(H,18,19). The van der Waals surface area contributed by atoms with E-state index in [0.717, 1.165) is 34.1 Å². The Morgan fingerprint density at radius 1 is 1.24 bits per heavy atom. The Morgan fingerprint density at radius 2 is 2.14 bits per heavy atom. The number of H-pyrrole nitrogens is 1. The molecule has 0 spiro atoms. The first-order valence-corrected chi connectivity index (χ1v) is 7.74. The van der Waals surface area contributed by atoms with Crippen LogP contribution >= 0.6 is 11.3 Å². The first-order chi connectivity index (χ1) is 10.3. The molecule has 1 aromatic carbocycles. The van der Waals surface area contributed by atoms with Gasteiger partial charge in [0.1, 0.15) is 5.82 Å². The summed E-state index contributed by atoms with van der Waals surface area (Å²) in [6, 6.07) is 8.08. The number of fused-ring (bicyclic) bond motifs is 2. The SMILES string of the molecule is Cc1nc2sccn2c1CNCc1nc2ccccc2[nH]1. The Bertz CT molecular complexity index is 868. The van der Waals surface area contributed by atoms with Gasteiger partial charge in [-0.2, -0.15) is 0 Å². The van der Waals surface area contributed by atoms with E-state index >= 15 is 0 Å². The van der Waals surface area contributed by atoms with Crippen LogP contribution in [0.4, 0.5) is 0 Å². The minimum atomic E-state index is 0.714. The lowest BCUT2D eigenvalue weighted by Gasteiger charge is -2.03. The second kappa shape index (κ2) is 4.98. The lowest BCUT2D eigenvalue weighted by molar-refractivity contribution is 0.653. The van der Waals surface area contributed by atoms with Crippen molar-refractivity contribution in [3.05, 3.63) is 53.1 Å². The Kier molecular flexibility index (Phi) is 2.98. The summed E-state index contributed by atoms with van der Waals surface area (Å²) < 4.78 is 2.14. The van der Waals surface area contributed by atoms with Crippen LogP contribution in [0.2, 0.25) is 0 Å². The van der Waals surface area contributed by atoms with E-state index < -0.39 is 0 Å². The molecule has 0 aliphatic carbocycles. The summed E-state index contributed by atoms with van der Waals surface area (Å²) >= 11 is 1.66. The zero-order valence-electron chi connectivity index (χ0n) is 11.6. The molecule has 6 heteroatoms. The summed E-state index contributed by atoms with van der Waals surface area (Å²) in [6.07, 6.45) is 2.07. The van der Waals surface area contributed by atoms with Gasteiger partial charge in [0.2, 0.25) is 0 Å². The monoisotopic (exact) mass is 297 g/mol. The van der Waals surface area contributed by atoms with Crippen LogP contribution in [0.5, 0.6) is 0 Å². The van der Waals surface area contributed by atoms with Gasteiger partial charge in [0, 0.05) is 18.1 Å². The normalized spacial score (nSPS) is 11.7. The third-order valence-corrected chi connectivity index (χ3v) is 4.34. The molecule has 0 bridgehead atoms. The number of nitrogens with zero attached hydrogens (tertiary/aromatic N) is 3. The zero-order valence-corrected chi connectivity index (χ0v) is 12.4. The highest BCUT2D eigenvalue weighted by Crippen LogP contribution is 2.16. The number of hydrogen-bond acceptors (Lipinski definition) is 4. The number of rotatable bonds is 4. The fourth-order valence-electron chi connectivity index (χ4n) is 2.54. The minimum Gasteiger partial charge on any atom is -0.341 e. The van der Waals surface area contributed by atoms with E-state index in [2.05, 4.69) is 43.2 Å². The van der Waals surface area contributed by atoms with Gasteiger partial charge >= 0.3 is 0 Å². The molecular weight excluding hydrogens is 282 g/mol. The summed E-state index contributed by atoms with van der Waals surface area (Å²) in [5.41, 5.74) is 4.38. The van der Waals surface area contributed by atoms with E-state index in [9.17, 15) is 0 Å². The molecule has 21 heavy (non-hydrogen) atoms. The third-order valence-electron chi connectivity index (χ3n) is 3.58. The fourth-order valence-corrected chi connectivity index (χ4v) is 3.32. The Balaban J connectivity index is 1.49. The summed E-state index contributed by atoms with van der Waals surface area (Å²) in [5, 5.41) is 5.50. The maximum Gasteiger partial charge on any atom is 0.194 e. The quantitative estimate of drug-likeness (QED) is 0.609. The Hall–Kier alpha value is -2.18. The fraction of sp³-hybridized carbons (Fsp3) is 0.200. The van der Waals surface area contributed by atoms with Gasteiger partial charge in [0.25, 0.3) is 0 Å². The number of imidazole rings is 2. The van der Waals surface area contributed by atoms with Crippen LogP contribution in [0.1, 0.15) is 17.2 Å². The summed E-state index contributed by atoms with van der Waals surface area (Å²) in [4.78, 5) is 13.5. The van der Waals surface area contributed by atoms with E-state index in [1.807, 2.05) is 24.3 Å². The lowest BCUT2D eigenvalue weighted by atomic mass is 10.3. The van der Waals surface area contributed by atoms with Gasteiger partial charge in [-0.1, -0.05) is 12.1 Å². The van der Waals surface area contributed by atoms with E-state index in [1.54, 1.807) is 11.3 Å². The number of benzene rings is 1. The highest BCUT2D eigenvalue weighted by Gasteiger charge is 2.09. The maximum absolute atomic E-state index is 4.57. The van der Waals surface area contributed by atoms with Crippen LogP contribution in [0, 0.1) is 6.92 Å². The van der Waals surface area contributed by atoms with Crippen LogP contribution in [0.15, 0.2) is 35.8 Å². The van der Waals surface area contributed by atoms with Crippen molar-refractivity contribution in [2.24, 2.45) is 0 Å². The van der Waals surface area contributed by atoms with E-state index in [4.69, 9.17) is 0 Å². The first kappa shape index (κ1) is 12.6. The molecular formula is C15H15N5S. The van der Waals surface area contributed by atoms with Gasteiger partial charge < -0.3 is 10.3 Å². The number of nitrogens with one attached hydrogen (secondary N) is 2. The first-order valence-electron chi connectivity index (χ1n) is 6.86. The molecule has 0 amide bonds. The van der Waals surface area contributed by atoms with E-state index in [0.29, 0.717) is 6.54 Å². The molecule has 0 radical (unpaired) electrons. The molecule has 0 aliphatic rings. The molecule has 0 saturated carbocycles. The number of thiazole rings is 1. The second-order valence-electron chi connectivity index (χ2n) is 5.00. The Labute approximate surface area is 125 Å². The van der Waals surface area contributed by atoms with Crippen LogP contribution in [0.3, 0.4) is 0 Å². The number of aromatic nitrogens is 4. The molecule has 106 valence electrons. The van der Waals surface area contributed by atoms with Crippen molar-refractivity contribution in [2.45, 2.75) is 20.0 Å². The summed E-state index contributed by atoms with van der Waals surface area (Å²) in [5.74, 6) is 0.958. The van der Waals surface area contributed by atoms with Crippen molar-refractivity contribution in [3.8, 4) is 0 Å². The molecule has 0 fully saturated rings. The molecule has 3 heterocycles. The predicted octanol–water partition coefficient (Wildman–Crippen LogP) is 2.87. The molecule has 0 unspecified atom stereocenters.